The number of sulfonamides is 1. The monoisotopic (exact) mass is 399 g/mol. The number of nitrogens with zero attached hydrogens (tertiary/aromatic N) is 1. The van der Waals surface area contributed by atoms with E-state index in [0.717, 1.165) is 16.3 Å². The summed E-state index contributed by atoms with van der Waals surface area (Å²) in [5, 5.41) is 0. The van der Waals surface area contributed by atoms with Crippen LogP contribution in [0.4, 0.5) is 5.69 Å². The number of thioether (sulfide) groups is 1. The van der Waals surface area contributed by atoms with Gasteiger partial charge in [-0.1, -0.05) is 12.1 Å². The summed E-state index contributed by atoms with van der Waals surface area (Å²) >= 11 is 5.02. The van der Waals surface area contributed by atoms with Crippen LogP contribution in [0.15, 0.2) is 56.7 Å². The summed E-state index contributed by atoms with van der Waals surface area (Å²) < 4.78 is 33.2. The van der Waals surface area contributed by atoms with Gasteiger partial charge in [-0.2, -0.15) is 0 Å². The molecule has 0 radical (unpaired) electrons. The largest absolute Gasteiger partial charge is 0.496 e. The molecule has 0 saturated heterocycles. The minimum absolute atomic E-state index is 0.252. The molecule has 7 heteroatoms. The molecule has 0 bridgehead atoms. The molecule has 3 rings (SSSR count). The van der Waals surface area contributed by atoms with Gasteiger partial charge in [-0.15, -0.1) is 11.8 Å². The second kappa shape index (κ2) is 6.14. The predicted molar refractivity (Wildman–Crippen MR) is 92.4 cm³/mol. The average Bonchev–Trinajstić information content (AvgIpc) is 2.54. The summed E-state index contributed by atoms with van der Waals surface area (Å²) in [6.45, 7) is 0.466. The van der Waals surface area contributed by atoms with Crippen LogP contribution in [0.5, 0.6) is 5.75 Å². The number of rotatable bonds is 3. The number of anilines is 1. The van der Waals surface area contributed by atoms with E-state index in [9.17, 15) is 8.42 Å². The van der Waals surface area contributed by atoms with Crippen molar-refractivity contribution in [1.82, 2.24) is 0 Å². The van der Waals surface area contributed by atoms with Crippen molar-refractivity contribution in [1.29, 1.82) is 0 Å². The summed E-state index contributed by atoms with van der Waals surface area (Å²) in [5.74, 6) is 1.35. The summed E-state index contributed by atoms with van der Waals surface area (Å²) in [4.78, 5) is 1.24. The Morgan fingerprint density at radius 2 is 2.00 bits per heavy atom. The lowest BCUT2D eigenvalue weighted by Crippen LogP contribution is -2.35. The quantitative estimate of drug-likeness (QED) is 0.787. The van der Waals surface area contributed by atoms with Crippen molar-refractivity contribution in [3.8, 4) is 5.75 Å². The minimum Gasteiger partial charge on any atom is -0.496 e. The number of halogens is 1. The van der Waals surface area contributed by atoms with Crippen molar-refractivity contribution in [2.45, 2.75) is 9.79 Å². The highest BCUT2D eigenvalue weighted by molar-refractivity contribution is 9.10. The molecule has 116 valence electrons. The molecule has 0 aliphatic carbocycles. The maximum atomic E-state index is 13.0. The second-order valence-corrected chi connectivity index (χ2v) is 8.54. The zero-order valence-corrected chi connectivity index (χ0v) is 15.0. The third-order valence-corrected chi connectivity index (χ3v) is 6.87. The lowest BCUT2D eigenvalue weighted by molar-refractivity contribution is 0.411. The SMILES string of the molecule is COc1ccc(S(=O)(=O)N2CCSc3ccccc32)cc1Br. The molecule has 0 atom stereocenters. The van der Waals surface area contributed by atoms with E-state index in [0.29, 0.717) is 16.8 Å². The van der Waals surface area contributed by atoms with E-state index in [1.807, 2.05) is 24.3 Å². The van der Waals surface area contributed by atoms with Gasteiger partial charge in [-0.05, 0) is 46.3 Å². The number of fused-ring (bicyclic) bond motifs is 1. The van der Waals surface area contributed by atoms with Crippen LogP contribution in [0.3, 0.4) is 0 Å². The maximum absolute atomic E-state index is 13.0. The van der Waals surface area contributed by atoms with Gasteiger partial charge in [0.05, 0.1) is 22.2 Å². The highest BCUT2D eigenvalue weighted by Crippen LogP contribution is 2.38. The van der Waals surface area contributed by atoms with E-state index in [2.05, 4.69) is 15.9 Å². The first-order chi connectivity index (χ1) is 10.5. The molecule has 0 unspecified atom stereocenters. The summed E-state index contributed by atoms with van der Waals surface area (Å²) in [6.07, 6.45) is 0. The lowest BCUT2D eigenvalue weighted by Gasteiger charge is -2.30. The van der Waals surface area contributed by atoms with Crippen LogP contribution >= 0.6 is 27.7 Å². The highest BCUT2D eigenvalue weighted by atomic mass is 79.9. The zero-order valence-electron chi connectivity index (χ0n) is 11.8. The van der Waals surface area contributed by atoms with Gasteiger partial charge < -0.3 is 4.74 Å². The fourth-order valence-electron chi connectivity index (χ4n) is 2.33. The van der Waals surface area contributed by atoms with E-state index < -0.39 is 10.0 Å². The summed E-state index contributed by atoms with van der Waals surface area (Å²) in [6, 6.07) is 12.4. The molecule has 0 amide bonds. The van der Waals surface area contributed by atoms with Crippen LogP contribution in [-0.2, 0) is 10.0 Å². The average molecular weight is 400 g/mol. The first-order valence-corrected chi connectivity index (χ1v) is 9.84. The molecule has 0 spiro atoms. The van der Waals surface area contributed by atoms with E-state index in [1.165, 1.54) is 4.31 Å². The summed E-state index contributed by atoms with van der Waals surface area (Å²) in [5.41, 5.74) is 0.741. The molecule has 0 N–H and O–H groups in total. The molecule has 0 aromatic heterocycles. The van der Waals surface area contributed by atoms with Crippen LogP contribution in [0.1, 0.15) is 0 Å². The van der Waals surface area contributed by atoms with Gasteiger partial charge in [0.15, 0.2) is 0 Å². The smallest absolute Gasteiger partial charge is 0.264 e. The molecule has 1 aliphatic rings. The van der Waals surface area contributed by atoms with Gasteiger partial charge in [0.2, 0.25) is 0 Å². The normalized spacial score (nSPS) is 14.5. The Kier molecular flexibility index (Phi) is 4.38. The Morgan fingerprint density at radius 3 is 2.73 bits per heavy atom. The third kappa shape index (κ3) is 2.73. The first-order valence-electron chi connectivity index (χ1n) is 6.62. The third-order valence-electron chi connectivity index (χ3n) is 3.40. The van der Waals surface area contributed by atoms with Crippen molar-refractivity contribution >= 4 is 43.4 Å². The van der Waals surface area contributed by atoms with Crippen LogP contribution in [0, 0.1) is 0 Å². The van der Waals surface area contributed by atoms with E-state index in [1.54, 1.807) is 37.1 Å². The second-order valence-electron chi connectivity index (χ2n) is 4.69. The molecule has 22 heavy (non-hydrogen) atoms. The van der Waals surface area contributed by atoms with Gasteiger partial charge in [-0.25, -0.2) is 8.42 Å². The number of benzene rings is 2. The van der Waals surface area contributed by atoms with Gasteiger partial charge in [0.25, 0.3) is 10.0 Å². The van der Waals surface area contributed by atoms with Crippen LogP contribution < -0.4 is 9.04 Å². The molecule has 4 nitrogen and oxygen atoms in total. The van der Waals surface area contributed by atoms with Gasteiger partial charge in [0.1, 0.15) is 5.75 Å². The maximum Gasteiger partial charge on any atom is 0.264 e. The van der Waals surface area contributed by atoms with Gasteiger partial charge >= 0.3 is 0 Å². The van der Waals surface area contributed by atoms with E-state index >= 15 is 0 Å². The Labute approximate surface area is 142 Å². The molecule has 0 fully saturated rings. The molecule has 2 aromatic carbocycles. The minimum atomic E-state index is -3.59. The number of hydrogen-bond acceptors (Lipinski definition) is 4. The topological polar surface area (TPSA) is 46.6 Å². The number of ether oxygens (including phenoxy) is 1. The zero-order chi connectivity index (χ0) is 15.7. The lowest BCUT2D eigenvalue weighted by atomic mass is 10.3. The van der Waals surface area contributed by atoms with Crippen molar-refractivity contribution in [2.24, 2.45) is 0 Å². The van der Waals surface area contributed by atoms with Crippen molar-refractivity contribution in [2.75, 3.05) is 23.7 Å². The van der Waals surface area contributed by atoms with Gasteiger partial charge in [-0.3, -0.25) is 4.31 Å². The number of hydrogen-bond donors (Lipinski definition) is 0. The Morgan fingerprint density at radius 1 is 1.23 bits per heavy atom. The molecule has 0 saturated carbocycles. The Balaban J connectivity index is 2.06. The van der Waals surface area contributed by atoms with Gasteiger partial charge in [0, 0.05) is 17.2 Å². The Hall–Kier alpha value is -1.18. The van der Waals surface area contributed by atoms with E-state index in [-0.39, 0.29) is 4.90 Å². The molecule has 2 aromatic rings. The van der Waals surface area contributed by atoms with Crippen LogP contribution in [0.25, 0.3) is 0 Å². The fourth-order valence-corrected chi connectivity index (χ4v) is 5.70. The highest BCUT2D eigenvalue weighted by Gasteiger charge is 2.29. The van der Waals surface area contributed by atoms with Crippen LogP contribution in [-0.4, -0.2) is 27.8 Å². The molecular formula is C15H14BrNO3S2. The number of para-hydroxylation sites is 1. The van der Waals surface area contributed by atoms with Crippen LogP contribution in [0.2, 0.25) is 0 Å². The first kappa shape index (κ1) is 15.7. The molecule has 1 aliphatic heterocycles. The predicted octanol–water partition coefficient (Wildman–Crippen LogP) is 3.76. The van der Waals surface area contributed by atoms with Crippen molar-refractivity contribution in [3.63, 3.8) is 0 Å². The Bertz CT molecular complexity index is 808. The fraction of sp³-hybridized carbons (Fsp3) is 0.200. The summed E-state index contributed by atoms with van der Waals surface area (Å²) in [7, 11) is -2.04. The van der Waals surface area contributed by atoms with E-state index in [4.69, 9.17) is 4.74 Å². The van der Waals surface area contributed by atoms with Crippen molar-refractivity contribution < 1.29 is 13.2 Å². The van der Waals surface area contributed by atoms with Crippen molar-refractivity contribution in [3.05, 3.63) is 46.9 Å². The molecule has 1 heterocycles. The number of methoxy groups -OCH3 is 1. The molecular weight excluding hydrogens is 386 g/mol. The standard InChI is InChI=1S/C15H14BrNO3S2/c1-20-14-7-6-11(10-12(14)16)22(18,19)17-8-9-21-15-5-3-2-4-13(15)17/h2-7,10H,8-9H2,1H3.